The van der Waals surface area contributed by atoms with Crippen LogP contribution in [0.5, 0.6) is 0 Å². The Morgan fingerprint density at radius 1 is 1.10 bits per heavy atom. The van der Waals surface area contributed by atoms with Gasteiger partial charge < -0.3 is 22.8 Å². The molecular weight excluding hydrogens is 562 g/mol. The van der Waals surface area contributed by atoms with Gasteiger partial charge in [0.1, 0.15) is 18.3 Å². The smallest absolute Gasteiger partial charge is 0.335 e. The van der Waals surface area contributed by atoms with E-state index in [1.54, 1.807) is 6.92 Å². The lowest BCUT2D eigenvalue weighted by molar-refractivity contribution is -0.119. The van der Waals surface area contributed by atoms with Crippen molar-refractivity contribution in [1.82, 2.24) is 19.5 Å². The molecule has 41 heavy (non-hydrogen) atoms. The molecule has 14 heteroatoms. The van der Waals surface area contributed by atoms with E-state index in [1.807, 2.05) is 6.92 Å². The molecular formula is C27H47N5O7Si2. The van der Waals surface area contributed by atoms with Crippen LogP contribution in [0.15, 0.2) is 11.1 Å². The molecule has 5 atom stereocenters. The van der Waals surface area contributed by atoms with Crippen molar-refractivity contribution >= 4 is 40.1 Å². The molecule has 3 N–H and O–H groups in total. The van der Waals surface area contributed by atoms with Crippen LogP contribution in [0.25, 0.3) is 11.2 Å². The van der Waals surface area contributed by atoms with E-state index in [9.17, 15) is 14.7 Å². The Balaban J connectivity index is 1.75. The lowest BCUT2D eigenvalue weighted by Gasteiger charge is -2.51. The van der Waals surface area contributed by atoms with Gasteiger partial charge in [0.25, 0.3) is 5.56 Å². The first-order valence-corrected chi connectivity index (χ1v) is 18.8. The van der Waals surface area contributed by atoms with Crippen LogP contribution in [-0.4, -0.2) is 72.6 Å². The number of rotatable bonds is 8. The van der Waals surface area contributed by atoms with Gasteiger partial charge in [0, 0.05) is 5.92 Å². The molecule has 1 amide bonds. The first-order chi connectivity index (χ1) is 19.2. The summed E-state index contributed by atoms with van der Waals surface area (Å²) in [5.74, 6) is -0.499. The summed E-state index contributed by atoms with van der Waals surface area (Å²) in [5.41, 5.74) is 0.283. The molecule has 4 heterocycles. The van der Waals surface area contributed by atoms with Crippen LogP contribution in [-0.2, 0) is 22.5 Å². The number of fused-ring (bicyclic) bond motifs is 2. The fourth-order valence-electron chi connectivity index (χ4n) is 5.96. The van der Waals surface area contributed by atoms with Crippen molar-refractivity contribution in [3.63, 3.8) is 0 Å². The van der Waals surface area contributed by atoms with Crippen LogP contribution in [0.4, 0.5) is 5.95 Å². The van der Waals surface area contributed by atoms with Crippen LogP contribution in [0, 0.1) is 5.92 Å². The summed E-state index contributed by atoms with van der Waals surface area (Å²) in [7, 11) is -5.75. The molecule has 0 aliphatic carbocycles. The van der Waals surface area contributed by atoms with Gasteiger partial charge >= 0.3 is 17.1 Å². The number of hydrogen-bond donors (Lipinski definition) is 3. The van der Waals surface area contributed by atoms with Gasteiger partial charge in [-0.2, -0.15) is 4.98 Å². The zero-order valence-corrected chi connectivity index (χ0v) is 27.9. The summed E-state index contributed by atoms with van der Waals surface area (Å²) in [6.07, 6.45) is -1.27. The van der Waals surface area contributed by atoms with E-state index in [-0.39, 0.29) is 57.7 Å². The summed E-state index contributed by atoms with van der Waals surface area (Å²) in [5, 5.41) is 14.4. The van der Waals surface area contributed by atoms with Crippen molar-refractivity contribution < 1.29 is 27.6 Å². The molecule has 2 saturated heterocycles. The van der Waals surface area contributed by atoms with Crippen molar-refractivity contribution in [3.05, 3.63) is 16.7 Å². The van der Waals surface area contributed by atoms with Gasteiger partial charge in [0.15, 0.2) is 17.4 Å². The molecule has 4 rings (SSSR count). The summed E-state index contributed by atoms with van der Waals surface area (Å²) in [6, 6.07) is 0. The van der Waals surface area contributed by atoms with Crippen LogP contribution in [0.2, 0.25) is 22.2 Å². The van der Waals surface area contributed by atoms with E-state index >= 15 is 0 Å². The van der Waals surface area contributed by atoms with Crippen LogP contribution >= 0.6 is 0 Å². The average molecular weight is 610 g/mol. The second-order valence-corrected chi connectivity index (χ2v) is 21.5. The Labute approximate surface area is 244 Å². The minimum absolute atomic E-state index is 0.0109. The molecule has 0 bridgehead atoms. The maximum atomic E-state index is 12.8. The van der Waals surface area contributed by atoms with E-state index in [2.05, 4.69) is 75.7 Å². The molecule has 1 unspecified atom stereocenters. The van der Waals surface area contributed by atoms with Gasteiger partial charge in [-0.15, -0.1) is 0 Å². The number of ether oxygens (including phenoxy) is 1. The number of aliphatic hydroxyl groups is 1. The van der Waals surface area contributed by atoms with Gasteiger partial charge in [0.2, 0.25) is 11.9 Å². The number of anilines is 1. The van der Waals surface area contributed by atoms with Gasteiger partial charge in [0.05, 0.1) is 12.9 Å². The number of carbonyl (C=O) groups is 1. The standard InChI is InChI=1S/C27H47N5O7Si2/c1-11-18(10)24(34)30-27-29-23-20(25(35)31-27)28-13-32(23)26-21(33)22-19(37-26)12-36-40(14(2)3,15(4)5)39-41(38-22,16(6)7)17(8)9/h13-19,21-22,26,33H,11-12H2,1-10H3,(H2,29,30,31,34,35)/t18?,19-,21-,22-,26-/m1/s1. The summed E-state index contributed by atoms with van der Waals surface area (Å²) in [6.45, 7) is 21.0. The van der Waals surface area contributed by atoms with Crippen molar-refractivity contribution in [2.45, 2.75) is 122 Å². The monoisotopic (exact) mass is 609 g/mol. The van der Waals surface area contributed by atoms with Crippen LogP contribution in [0.1, 0.15) is 81.9 Å². The van der Waals surface area contributed by atoms with Crippen LogP contribution < -0.4 is 10.9 Å². The molecule has 0 radical (unpaired) electrons. The van der Waals surface area contributed by atoms with E-state index in [0.29, 0.717) is 6.42 Å². The van der Waals surface area contributed by atoms with E-state index in [4.69, 9.17) is 17.7 Å². The number of hydrogen-bond acceptors (Lipinski definition) is 9. The van der Waals surface area contributed by atoms with E-state index in [0.717, 1.165) is 0 Å². The predicted octanol–water partition coefficient (Wildman–Crippen LogP) is 4.32. The Bertz CT molecular complexity index is 1280. The fourth-order valence-corrected chi connectivity index (χ4v) is 17.2. The number of aromatic amines is 1. The molecule has 2 aromatic rings. The van der Waals surface area contributed by atoms with Gasteiger partial charge in [-0.25, -0.2) is 4.98 Å². The third-order valence-corrected chi connectivity index (χ3v) is 18.9. The van der Waals surface area contributed by atoms with Crippen LogP contribution in [0.3, 0.4) is 0 Å². The zero-order chi connectivity index (χ0) is 30.4. The summed E-state index contributed by atoms with van der Waals surface area (Å²) < 4.78 is 29.0. The number of carbonyl (C=O) groups excluding carboxylic acids is 1. The number of nitrogens with zero attached hydrogens (tertiary/aromatic N) is 3. The topological polar surface area (TPSA) is 150 Å². The Morgan fingerprint density at radius 2 is 1.71 bits per heavy atom. The molecule has 0 aromatic carbocycles. The lowest BCUT2D eigenvalue weighted by atomic mass is 10.1. The largest absolute Gasteiger partial charge is 0.414 e. The van der Waals surface area contributed by atoms with Crippen molar-refractivity contribution in [1.29, 1.82) is 0 Å². The third kappa shape index (κ3) is 5.59. The van der Waals surface area contributed by atoms with Gasteiger partial charge in [-0.3, -0.25) is 24.5 Å². The average Bonchev–Trinajstić information content (AvgIpc) is 3.43. The first-order valence-electron chi connectivity index (χ1n) is 14.8. The fraction of sp³-hybridized carbons (Fsp3) is 0.778. The second kappa shape index (κ2) is 12.0. The van der Waals surface area contributed by atoms with Gasteiger partial charge in [-0.1, -0.05) is 69.2 Å². The molecule has 2 fully saturated rings. The number of nitrogens with one attached hydrogen (secondary N) is 2. The minimum atomic E-state index is -2.97. The Morgan fingerprint density at radius 3 is 2.27 bits per heavy atom. The molecule has 230 valence electrons. The van der Waals surface area contributed by atoms with Crippen molar-refractivity contribution in [2.24, 2.45) is 5.92 Å². The molecule has 2 aliphatic heterocycles. The number of aromatic nitrogens is 4. The highest BCUT2D eigenvalue weighted by atomic mass is 28.5. The maximum absolute atomic E-state index is 12.8. The number of aliphatic hydroxyl groups excluding tert-OH is 1. The van der Waals surface area contributed by atoms with E-state index < -0.39 is 47.2 Å². The Kier molecular flexibility index (Phi) is 9.34. The van der Waals surface area contributed by atoms with E-state index in [1.165, 1.54) is 10.9 Å². The SMILES string of the molecule is CCC(C)C(=O)Nc1nc2c(ncn2[C@@H]2O[C@@H]3CO[Si](C(C)C)(C(C)C)O[Si](C(C)C)(C(C)C)O[C@H]3[C@H]2O)c(=O)[nH]1. The summed E-state index contributed by atoms with van der Waals surface area (Å²) >= 11 is 0. The quantitative estimate of drug-likeness (QED) is 0.372. The molecule has 2 aromatic heterocycles. The molecule has 12 nitrogen and oxygen atoms in total. The summed E-state index contributed by atoms with van der Waals surface area (Å²) in [4.78, 5) is 36.6. The van der Waals surface area contributed by atoms with Crippen molar-refractivity contribution in [3.8, 4) is 0 Å². The second-order valence-electron chi connectivity index (χ2n) is 12.6. The number of H-pyrrole nitrogens is 1. The zero-order valence-electron chi connectivity index (χ0n) is 25.9. The predicted molar refractivity (Wildman–Crippen MR) is 160 cm³/mol. The first kappa shape index (κ1) is 32.0. The minimum Gasteiger partial charge on any atom is -0.414 e. The Hall–Kier alpha value is -1.95. The molecule has 0 spiro atoms. The normalized spacial score (nSPS) is 26.9. The number of amides is 1. The third-order valence-electron chi connectivity index (χ3n) is 8.65. The maximum Gasteiger partial charge on any atom is 0.335 e. The molecule has 0 saturated carbocycles. The highest BCUT2D eigenvalue weighted by Gasteiger charge is 2.61. The highest BCUT2D eigenvalue weighted by molar-refractivity contribution is 6.84. The number of imidazole rings is 1. The van der Waals surface area contributed by atoms with Crippen molar-refractivity contribution in [2.75, 3.05) is 11.9 Å². The van der Waals surface area contributed by atoms with Gasteiger partial charge in [-0.05, 0) is 28.6 Å². The highest BCUT2D eigenvalue weighted by Crippen LogP contribution is 2.48. The molecule has 2 aliphatic rings. The lowest BCUT2D eigenvalue weighted by Crippen LogP contribution is -2.65.